The Morgan fingerprint density at radius 1 is 1.28 bits per heavy atom. The minimum absolute atomic E-state index is 0.0200. The number of carbonyl (C=O) groups excluding carboxylic acids is 1. The van der Waals surface area contributed by atoms with Gasteiger partial charge >= 0.3 is 0 Å². The highest BCUT2D eigenvalue weighted by atomic mass is 32.2. The SMILES string of the molecule is CC(Sc1nnc(-c2ccc(C(C)(C)C)cc2)n1N)C(=O)NC1CC1. The Bertz CT molecular complexity index is 759. The molecule has 1 unspecified atom stereocenters. The molecule has 0 saturated heterocycles. The summed E-state index contributed by atoms with van der Waals surface area (Å²) in [6, 6.07) is 8.53. The number of benzene rings is 1. The van der Waals surface area contributed by atoms with Gasteiger partial charge in [-0.3, -0.25) is 4.79 Å². The summed E-state index contributed by atoms with van der Waals surface area (Å²) in [6.07, 6.45) is 2.15. The van der Waals surface area contributed by atoms with Crippen LogP contribution in [0.1, 0.15) is 46.1 Å². The van der Waals surface area contributed by atoms with E-state index in [9.17, 15) is 4.79 Å². The number of amides is 1. The molecule has 0 aliphatic heterocycles. The third-order valence-corrected chi connectivity index (χ3v) is 5.31. The van der Waals surface area contributed by atoms with Crippen LogP contribution in [0.15, 0.2) is 29.4 Å². The van der Waals surface area contributed by atoms with Crippen LogP contribution >= 0.6 is 11.8 Å². The Morgan fingerprint density at radius 2 is 1.92 bits per heavy atom. The number of nitrogens with two attached hydrogens (primary N) is 1. The molecule has 1 atom stereocenters. The molecule has 1 saturated carbocycles. The lowest BCUT2D eigenvalue weighted by Gasteiger charge is -2.19. The van der Waals surface area contributed by atoms with Gasteiger partial charge in [-0.05, 0) is 30.7 Å². The minimum atomic E-state index is -0.261. The Balaban J connectivity index is 1.73. The fraction of sp³-hybridized carbons (Fsp3) is 0.500. The predicted molar refractivity (Wildman–Crippen MR) is 101 cm³/mol. The number of rotatable bonds is 5. The molecule has 3 rings (SSSR count). The summed E-state index contributed by atoms with van der Waals surface area (Å²) < 4.78 is 1.46. The molecular weight excluding hydrogens is 334 g/mol. The van der Waals surface area contributed by atoms with Crippen LogP contribution in [-0.4, -0.2) is 32.1 Å². The second-order valence-corrected chi connectivity index (χ2v) is 8.85. The normalized spacial score (nSPS) is 15.8. The molecule has 134 valence electrons. The molecule has 1 amide bonds. The molecule has 1 aliphatic carbocycles. The molecule has 0 bridgehead atoms. The highest BCUT2D eigenvalue weighted by Gasteiger charge is 2.27. The van der Waals surface area contributed by atoms with Crippen LogP contribution in [0.5, 0.6) is 0 Å². The van der Waals surface area contributed by atoms with Crippen LogP contribution in [-0.2, 0) is 10.2 Å². The van der Waals surface area contributed by atoms with Crippen molar-refractivity contribution in [3.05, 3.63) is 29.8 Å². The maximum atomic E-state index is 12.1. The summed E-state index contributed by atoms with van der Waals surface area (Å²) >= 11 is 1.32. The van der Waals surface area contributed by atoms with Crippen LogP contribution in [0.2, 0.25) is 0 Å². The van der Waals surface area contributed by atoms with E-state index in [4.69, 9.17) is 5.84 Å². The van der Waals surface area contributed by atoms with Crippen molar-refractivity contribution in [2.75, 3.05) is 5.84 Å². The molecule has 1 aromatic heterocycles. The van der Waals surface area contributed by atoms with E-state index >= 15 is 0 Å². The first-order valence-electron chi connectivity index (χ1n) is 8.54. The smallest absolute Gasteiger partial charge is 0.233 e. The van der Waals surface area contributed by atoms with Gasteiger partial charge in [-0.2, -0.15) is 0 Å². The predicted octanol–water partition coefficient (Wildman–Crippen LogP) is 2.72. The second-order valence-electron chi connectivity index (χ2n) is 7.55. The van der Waals surface area contributed by atoms with Gasteiger partial charge in [0.15, 0.2) is 5.82 Å². The van der Waals surface area contributed by atoms with Gasteiger partial charge in [0.25, 0.3) is 0 Å². The van der Waals surface area contributed by atoms with E-state index in [1.807, 2.05) is 19.1 Å². The van der Waals surface area contributed by atoms with Gasteiger partial charge in [0.05, 0.1) is 5.25 Å². The number of aromatic nitrogens is 3. The lowest BCUT2D eigenvalue weighted by Crippen LogP contribution is -2.32. The van der Waals surface area contributed by atoms with E-state index in [1.165, 1.54) is 22.0 Å². The second kappa shape index (κ2) is 6.71. The van der Waals surface area contributed by atoms with E-state index in [0.29, 0.717) is 17.0 Å². The first-order chi connectivity index (χ1) is 11.8. The molecule has 1 fully saturated rings. The first kappa shape index (κ1) is 17.8. The monoisotopic (exact) mass is 359 g/mol. The van der Waals surface area contributed by atoms with Crippen molar-refractivity contribution in [1.82, 2.24) is 20.2 Å². The van der Waals surface area contributed by atoms with Gasteiger partial charge in [-0.1, -0.05) is 56.8 Å². The highest BCUT2D eigenvalue weighted by molar-refractivity contribution is 8.00. The summed E-state index contributed by atoms with van der Waals surface area (Å²) in [5, 5.41) is 11.6. The summed E-state index contributed by atoms with van der Waals surface area (Å²) in [6.45, 7) is 8.39. The van der Waals surface area contributed by atoms with Crippen molar-refractivity contribution < 1.29 is 4.79 Å². The van der Waals surface area contributed by atoms with Gasteiger partial charge in [0.2, 0.25) is 11.1 Å². The van der Waals surface area contributed by atoms with Gasteiger partial charge in [0, 0.05) is 11.6 Å². The van der Waals surface area contributed by atoms with Crippen molar-refractivity contribution >= 4 is 17.7 Å². The fourth-order valence-electron chi connectivity index (χ4n) is 2.43. The van der Waals surface area contributed by atoms with Gasteiger partial charge in [-0.25, -0.2) is 4.68 Å². The Kier molecular flexibility index (Phi) is 4.77. The quantitative estimate of drug-likeness (QED) is 0.633. The Labute approximate surface area is 152 Å². The molecule has 0 radical (unpaired) electrons. The molecule has 0 spiro atoms. The van der Waals surface area contributed by atoms with Crippen LogP contribution < -0.4 is 11.2 Å². The third kappa shape index (κ3) is 4.15. The average molecular weight is 359 g/mol. The molecule has 3 N–H and O–H groups in total. The zero-order valence-electron chi connectivity index (χ0n) is 15.1. The van der Waals surface area contributed by atoms with E-state index in [1.54, 1.807) is 0 Å². The molecule has 7 heteroatoms. The zero-order valence-corrected chi connectivity index (χ0v) is 15.9. The van der Waals surface area contributed by atoms with Gasteiger partial charge in [-0.15, -0.1) is 10.2 Å². The minimum Gasteiger partial charge on any atom is -0.352 e. The van der Waals surface area contributed by atoms with Crippen LogP contribution in [0.3, 0.4) is 0 Å². The maximum Gasteiger partial charge on any atom is 0.233 e. The highest BCUT2D eigenvalue weighted by Crippen LogP contribution is 2.28. The number of nitrogens with zero attached hydrogens (tertiary/aromatic N) is 3. The summed E-state index contributed by atoms with van der Waals surface area (Å²) in [4.78, 5) is 12.1. The van der Waals surface area contributed by atoms with Crippen molar-refractivity contribution in [1.29, 1.82) is 0 Å². The summed E-state index contributed by atoms with van der Waals surface area (Å²) in [5.74, 6) is 6.78. The van der Waals surface area contributed by atoms with Crippen molar-refractivity contribution in [3.63, 3.8) is 0 Å². The summed E-state index contributed by atoms with van der Waals surface area (Å²) in [5.41, 5.74) is 2.25. The third-order valence-electron chi connectivity index (χ3n) is 4.25. The van der Waals surface area contributed by atoms with Crippen LogP contribution in [0.25, 0.3) is 11.4 Å². The number of thioether (sulfide) groups is 1. The van der Waals surface area contributed by atoms with Crippen molar-refractivity contribution in [2.45, 2.75) is 62.4 Å². The van der Waals surface area contributed by atoms with Gasteiger partial charge < -0.3 is 11.2 Å². The molecule has 25 heavy (non-hydrogen) atoms. The topological polar surface area (TPSA) is 85.8 Å². The number of hydrogen-bond acceptors (Lipinski definition) is 5. The number of nitrogens with one attached hydrogen (secondary N) is 1. The zero-order chi connectivity index (χ0) is 18.2. The fourth-order valence-corrected chi connectivity index (χ4v) is 3.21. The summed E-state index contributed by atoms with van der Waals surface area (Å²) in [7, 11) is 0. The standard InChI is InChI=1S/C18H25N5OS/c1-11(16(24)20-14-9-10-14)25-17-22-21-15(23(17)19)12-5-7-13(8-6-12)18(2,3)4/h5-8,11,14H,9-10,19H2,1-4H3,(H,20,24). The van der Waals surface area contributed by atoms with Crippen LogP contribution in [0, 0.1) is 0 Å². The molecule has 2 aromatic rings. The molecule has 1 aromatic carbocycles. The Morgan fingerprint density at radius 3 is 2.48 bits per heavy atom. The average Bonchev–Trinajstić information content (AvgIpc) is 3.30. The van der Waals surface area contributed by atoms with Crippen molar-refractivity contribution in [3.8, 4) is 11.4 Å². The number of nitrogen functional groups attached to an aromatic ring is 1. The van der Waals surface area contributed by atoms with Crippen LogP contribution in [0.4, 0.5) is 0 Å². The number of carbonyl (C=O) groups is 1. The molecule has 6 nitrogen and oxygen atoms in total. The van der Waals surface area contributed by atoms with E-state index in [0.717, 1.165) is 18.4 Å². The molecular formula is C18H25N5OS. The Hall–Kier alpha value is -2.02. The van der Waals surface area contributed by atoms with Gasteiger partial charge in [0.1, 0.15) is 0 Å². The molecule has 1 heterocycles. The molecule has 1 aliphatic rings. The maximum absolute atomic E-state index is 12.1. The van der Waals surface area contributed by atoms with E-state index < -0.39 is 0 Å². The lowest BCUT2D eigenvalue weighted by atomic mass is 9.87. The van der Waals surface area contributed by atoms with Crippen molar-refractivity contribution in [2.24, 2.45) is 0 Å². The number of hydrogen-bond donors (Lipinski definition) is 2. The first-order valence-corrected chi connectivity index (χ1v) is 9.42. The van der Waals surface area contributed by atoms with E-state index in [-0.39, 0.29) is 16.6 Å². The largest absolute Gasteiger partial charge is 0.352 e. The lowest BCUT2D eigenvalue weighted by molar-refractivity contribution is -0.120. The van der Waals surface area contributed by atoms with E-state index in [2.05, 4.69) is 48.4 Å².